The maximum absolute atomic E-state index is 11.9. The lowest BCUT2D eigenvalue weighted by molar-refractivity contribution is -0.306. The summed E-state index contributed by atoms with van der Waals surface area (Å²) >= 11 is 0. The van der Waals surface area contributed by atoms with Crippen molar-refractivity contribution in [1.82, 2.24) is 0 Å². The molecule has 0 N–H and O–H groups in total. The van der Waals surface area contributed by atoms with Crippen LogP contribution < -0.4 is 0 Å². The summed E-state index contributed by atoms with van der Waals surface area (Å²) in [5.74, 6) is -0.880. The molecule has 1 aliphatic heterocycles. The van der Waals surface area contributed by atoms with Gasteiger partial charge in [0.2, 0.25) is 0 Å². The van der Waals surface area contributed by atoms with Crippen LogP contribution in [0.25, 0.3) is 0 Å². The first-order valence-electron chi connectivity index (χ1n) is 6.67. The van der Waals surface area contributed by atoms with Crippen molar-refractivity contribution in [1.29, 1.82) is 0 Å². The smallest absolute Gasteiger partial charge is 0.313 e. The molecule has 2 atom stereocenters. The highest BCUT2D eigenvalue weighted by molar-refractivity contribution is 5.76. The predicted molar refractivity (Wildman–Crippen MR) is 70.6 cm³/mol. The molecule has 0 aromatic heterocycles. The largest absolute Gasteiger partial charge is 0.428 e. The average molecular weight is 288 g/mol. The van der Waals surface area contributed by atoms with Crippen molar-refractivity contribution in [2.24, 2.45) is 10.8 Å². The Morgan fingerprint density at radius 1 is 0.800 bits per heavy atom. The molecule has 0 aromatic carbocycles. The van der Waals surface area contributed by atoms with Crippen molar-refractivity contribution < 1.29 is 28.5 Å². The summed E-state index contributed by atoms with van der Waals surface area (Å²) in [6.45, 7) is 11.0. The van der Waals surface area contributed by atoms with Crippen molar-refractivity contribution in [3.05, 3.63) is 0 Å². The van der Waals surface area contributed by atoms with Crippen LogP contribution in [0.3, 0.4) is 0 Å². The summed E-state index contributed by atoms with van der Waals surface area (Å²) in [6, 6.07) is 0. The molecule has 1 fully saturated rings. The molecule has 1 saturated heterocycles. The fourth-order valence-electron chi connectivity index (χ4n) is 1.23. The number of carbonyl (C=O) groups excluding carboxylic acids is 2. The Balaban J connectivity index is 2.68. The minimum absolute atomic E-state index is 0.283. The average Bonchev–Trinajstić information content (AvgIpc) is 2.29. The molecule has 20 heavy (non-hydrogen) atoms. The summed E-state index contributed by atoms with van der Waals surface area (Å²) in [4.78, 5) is 23.7. The molecule has 1 rings (SSSR count). The van der Waals surface area contributed by atoms with Gasteiger partial charge >= 0.3 is 11.9 Å². The monoisotopic (exact) mass is 288 g/mol. The first-order chi connectivity index (χ1) is 9.01. The SMILES string of the molecule is CC(C)(C)C(=O)O[C@H]1OCCO[C@H]1OC(=O)C(C)(C)C. The van der Waals surface area contributed by atoms with Gasteiger partial charge in [0.05, 0.1) is 24.0 Å². The summed E-state index contributed by atoms with van der Waals surface area (Å²) in [5, 5.41) is 0. The standard InChI is InChI=1S/C14H24O6/c1-13(2,3)11(15)19-9-10(18-8-7-17-9)20-12(16)14(4,5)6/h9-10H,7-8H2,1-6H3/t9-,10+. The number of ether oxygens (including phenoxy) is 4. The molecule has 0 unspecified atom stereocenters. The van der Waals surface area contributed by atoms with Gasteiger partial charge in [0.15, 0.2) is 0 Å². The fourth-order valence-corrected chi connectivity index (χ4v) is 1.23. The van der Waals surface area contributed by atoms with Crippen LogP contribution in [-0.2, 0) is 28.5 Å². The van der Waals surface area contributed by atoms with Crippen molar-refractivity contribution in [3.63, 3.8) is 0 Å². The third-order valence-electron chi connectivity index (χ3n) is 2.54. The lowest BCUT2D eigenvalue weighted by Gasteiger charge is -2.33. The maximum Gasteiger partial charge on any atom is 0.313 e. The van der Waals surface area contributed by atoms with Gasteiger partial charge in [-0.2, -0.15) is 0 Å². The number of hydrogen-bond donors (Lipinski definition) is 0. The van der Waals surface area contributed by atoms with E-state index in [1.165, 1.54) is 0 Å². The maximum atomic E-state index is 11.9. The Bertz CT molecular complexity index is 327. The van der Waals surface area contributed by atoms with Crippen molar-refractivity contribution >= 4 is 11.9 Å². The van der Waals surface area contributed by atoms with Gasteiger partial charge in [-0.3, -0.25) is 9.59 Å². The van der Waals surface area contributed by atoms with E-state index in [0.717, 1.165) is 0 Å². The molecule has 0 radical (unpaired) electrons. The van der Waals surface area contributed by atoms with Gasteiger partial charge < -0.3 is 18.9 Å². The van der Waals surface area contributed by atoms with Gasteiger partial charge in [-0.15, -0.1) is 0 Å². The Labute approximate surface area is 119 Å². The predicted octanol–water partition coefficient (Wildman–Crippen LogP) is 1.86. The highest BCUT2D eigenvalue weighted by Gasteiger charge is 2.38. The van der Waals surface area contributed by atoms with Crippen molar-refractivity contribution in [2.45, 2.75) is 54.1 Å². The third-order valence-corrected chi connectivity index (χ3v) is 2.54. The van der Waals surface area contributed by atoms with Crippen molar-refractivity contribution in [2.75, 3.05) is 13.2 Å². The lowest BCUT2D eigenvalue weighted by Crippen LogP contribution is -2.46. The highest BCUT2D eigenvalue weighted by Crippen LogP contribution is 2.23. The van der Waals surface area contributed by atoms with E-state index >= 15 is 0 Å². The quantitative estimate of drug-likeness (QED) is 0.722. The number of esters is 2. The molecule has 6 nitrogen and oxygen atoms in total. The molecule has 1 aliphatic rings. The number of carbonyl (C=O) groups is 2. The van der Waals surface area contributed by atoms with Gasteiger partial charge in [0, 0.05) is 0 Å². The summed E-state index contributed by atoms with van der Waals surface area (Å²) in [5.41, 5.74) is -1.33. The molecule has 6 heteroatoms. The second kappa shape index (κ2) is 6.10. The number of rotatable bonds is 2. The van der Waals surface area contributed by atoms with Gasteiger partial charge in [-0.05, 0) is 41.5 Å². The first-order valence-corrected chi connectivity index (χ1v) is 6.67. The molecule has 0 amide bonds. The fraction of sp³-hybridized carbons (Fsp3) is 0.857. The Morgan fingerprint density at radius 3 is 1.35 bits per heavy atom. The molecular weight excluding hydrogens is 264 g/mol. The van der Waals surface area contributed by atoms with E-state index in [2.05, 4.69) is 0 Å². The van der Waals surface area contributed by atoms with Gasteiger partial charge in [-0.1, -0.05) is 0 Å². The molecular formula is C14H24O6. The van der Waals surface area contributed by atoms with Crippen LogP contribution in [-0.4, -0.2) is 37.7 Å². The minimum Gasteiger partial charge on any atom is -0.428 e. The van der Waals surface area contributed by atoms with Crippen LogP contribution in [0.2, 0.25) is 0 Å². The van der Waals surface area contributed by atoms with E-state index in [0.29, 0.717) is 0 Å². The zero-order chi connectivity index (χ0) is 15.6. The van der Waals surface area contributed by atoms with Crippen LogP contribution in [0.5, 0.6) is 0 Å². The Kier molecular flexibility index (Phi) is 5.15. The lowest BCUT2D eigenvalue weighted by atomic mass is 9.97. The Hall–Kier alpha value is -1.14. The normalized spacial score (nSPS) is 24.1. The zero-order valence-electron chi connectivity index (χ0n) is 13.0. The number of hydrogen-bond acceptors (Lipinski definition) is 6. The minimum atomic E-state index is -1.03. The second-order valence-corrected chi connectivity index (χ2v) is 6.79. The van der Waals surface area contributed by atoms with Crippen LogP contribution in [0, 0.1) is 10.8 Å². The van der Waals surface area contributed by atoms with Gasteiger partial charge in [0.1, 0.15) is 0 Å². The van der Waals surface area contributed by atoms with Crippen molar-refractivity contribution in [3.8, 4) is 0 Å². The van der Waals surface area contributed by atoms with Crippen LogP contribution in [0.1, 0.15) is 41.5 Å². The Morgan fingerprint density at radius 2 is 1.10 bits per heavy atom. The molecule has 1 heterocycles. The molecule has 0 saturated carbocycles. The van der Waals surface area contributed by atoms with E-state index < -0.39 is 35.3 Å². The van der Waals surface area contributed by atoms with Crippen LogP contribution in [0.4, 0.5) is 0 Å². The third kappa shape index (κ3) is 4.76. The summed E-state index contributed by atoms with van der Waals surface area (Å²) < 4.78 is 21.1. The molecule has 0 aromatic rings. The zero-order valence-corrected chi connectivity index (χ0v) is 13.0. The van der Waals surface area contributed by atoms with E-state index in [1.54, 1.807) is 41.5 Å². The van der Waals surface area contributed by atoms with E-state index in [4.69, 9.17) is 18.9 Å². The van der Waals surface area contributed by atoms with E-state index in [9.17, 15) is 9.59 Å². The van der Waals surface area contributed by atoms with Gasteiger partial charge in [-0.25, -0.2) is 0 Å². The molecule has 0 bridgehead atoms. The van der Waals surface area contributed by atoms with Crippen LogP contribution >= 0.6 is 0 Å². The van der Waals surface area contributed by atoms with Crippen LogP contribution in [0.15, 0.2) is 0 Å². The summed E-state index contributed by atoms with van der Waals surface area (Å²) in [7, 11) is 0. The molecule has 0 spiro atoms. The second-order valence-electron chi connectivity index (χ2n) is 6.79. The molecule has 116 valence electrons. The highest BCUT2D eigenvalue weighted by atomic mass is 16.8. The van der Waals surface area contributed by atoms with Gasteiger partial charge in [0.25, 0.3) is 12.6 Å². The topological polar surface area (TPSA) is 71.1 Å². The molecule has 0 aliphatic carbocycles. The van der Waals surface area contributed by atoms with E-state index in [-0.39, 0.29) is 13.2 Å². The van der Waals surface area contributed by atoms with E-state index in [1.807, 2.05) is 0 Å². The first kappa shape index (κ1) is 16.9. The summed E-state index contributed by atoms with van der Waals surface area (Å²) in [6.07, 6.45) is -2.05.